The van der Waals surface area contributed by atoms with Gasteiger partial charge in [0.05, 0.1) is 19.8 Å². The average Bonchev–Trinajstić information content (AvgIpc) is 2.60. The maximum Gasteiger partial charge on any atom is 0.239 e. The molecule has 0 spiro atoms. The summed E-state index contributed by atoms with van der Waals surface area (Å²) in [6.07, 6.45) is 1.08. The number of nitrogens with one attached hydrogen (secondary N) is 2. The first-order chi connectivity index (χ1) is 11.6. The van der Waals surface area contributed by atoms with Crippen LogP contribution in [-0.2, 0) is 20.7 Å². The van der Waals surface area contributed by atoms with E-state index >= 15 is 0 Å². The van der Waals surface area contributed by atoms with Crippen molar-refractivity contribution in [2.24, 2.45) is 0 Å². The summed E-state index contributed by atoms with van der Waals surface area (Å²) in [6, 6.07) is 8.13. The minimum Gasteiger partial charge on any atom is -0.379 e. The smallest absolute Gasteiger partial charge is 0.239 e. The lowest BCUT2D eigenvalue weighted by atomic mass is 10.1. The zero-order valence-electron chi connectivity index (χ0n) is 14.3. The van der Waals surface area contributed by atoms with Gasteiger partial charge in [-0.15, -0.1) is 0 Å². The molecule has 0 bridgehead atoms. The average molecular weight is 333 g/mol. The second-order valence-corrected chi connectivity index (χ2v) is 6.07. The van der Waals surface area contributed by atoms with Crippen LogP contribution in [0, 0.1) is 6.92 Å². The molecule has 0 aliphatic carbocycles. The summed E-state index contributed by atoms with van der Waals surface area (Å²) in [4.78, 5) is 25.8. The highest BCUT2D eigenvalue weighted by Gasteiger charge is 2.10. The Bertz CT molecular complexity index is 525. The van der Waals surface area contributed by atoms with Crippen molar-refractivity contribution in [2.45, 2.75) is 19.8 Å². The van der Waals surface area contributed by atoms with Gasteiger partial charge in [-0.3, -0.25) is 14.5 Å². The van der Waals surface area contributed by atoms with Crippen LogP contribution in [0.1, 0.15) is 17.5 Å². The van der Waals surface area contributed by atoms with Gasteiger partial charge < -0.3 is 15.4 Å². The van der Waals surface area contributed by atoms with Crippen molar-refractivity contribution in [3.63, 3.8) is 0 Å². The van der Waals surface area contributed by atoms with Gasteiger partial charge in [0.15, 0.2) is 0 Å². The number of rotatable bonds is 8. The molecule has 1 aromatic rings. The lowest BCUT2D eigenvalue weighted by Gasteiger charge is -2.26. The maximum absolute atomic E-state index is 11.8. The number of carbonyl (C=O) groups excluding carboxylic acids is 2. The van der Waals surface area contributed by atoms with Crippen LogP contribution in [0.15, 0.2) is 24.3 Å². The van der Waals surface area contributed by atoms with Crippen LogP contribution in [0.4, 0.5) is 0 Å². The molecule has 132 valence electrons. The fraction of sp³-hybridized carbons (Fsp3) is 0.556. The normalized spacial score (nSPS) is 15.0. The number of aryl methyl sites for hydroxylation is 2. The van der Waals surface area contributed by atoms with Gasteiger partial charge in [-0.1, -0.05) is 29.8 Å². The predicted molar refractivity (Wildman–Crippen MR) is 92.8 cm³/mol. The highest BCUT2D eigenvalue weighted by molar-refractivity contribution is 5.84. The molecule has 0 atom stereocenters. The first kappa shape index (κ1) is 18.4. The molecule has 1 aliphatic heterocycles. The number of carbonyl (C=O) groups is 2. The molecule has 0 aromatic heterocycles. The molecular formula is C18H27N3O3. The molecule has 24 heavy (non-hydrogen) atoms. The second-order valence-electron chi connectivity index (χ2n) is 6.07. The topological polar surface area (TPSA) is 70.7 Å². The van der Waals surface area contributed by atoms with Gasteiger partial charge in [-0.2, -0.15) is 0 Å². The van der Waals surface area contributed by atoms with Crippen molar-refractivity contribution < 1.29 is 14.3 Å². The molecule has 1 aliphatic rings. The van der Waals surface area contributed by atoms with E-state index in [2.05, 4.69) is 15.5 Å². The van der Waals surface area contributed by atoms with Crippen LogP contribution >= 0.6 is 0 Å². The van der Waals surface area contributed by atoms with Gasteiger partial charge >= 0.3 is 0 Å². The number of amides is 2. The van der Waals surface area contributed by atoms with Gasteiger partial charge in [0, 0.05) is 32.6 Å². The van der Waals surface area contributed by atoms with Crippen molar-refractivity contribution in [1.29, 1.82) is 0 Å². The first-order valence-electron chi connectivity index (χ1n) is 8.52. The Balaban J connectivity index is 1.53. The van der Waals surface area contributed by atoms with E-state index in [1.165, 1.54) is 5.56 Å². The summed E-state index contributed by atoms with van der Waals surface area (Å²) in [5.74, 6) is -0.245. The van der Waals surface area contributed by atoms with Gasteiger partial charge in [-0.05, 0) is 18.9 Å². The van der Waals surface area contributed by atoms with E-state index in [4.69, 9.17) is 4.74 Å². The van der Waals surface area contributed by atoms with E-state index in [1.54, 1.807) is 0 Å². The van der Waals surface area contributed by atoms with Crippen molar-refractivity contribution >= 4 is 11.8 Å². The molecule has 2 amide bonds. The molecule has 6 nitrogen and oxygen atoms in total. The van der Waals surface area contributed by atoms with Gasteiger partial charge in [0.1, 0.15) is 0 Å². The molecule has 1 saturated heterocycles. The van der Waals surface area contributed by atoms with Gasteiger partial charge in [-0.25, -0.2) is 0 Å². The van der Waals surface area contributed by atoms with Crippen molar-refractivity contribution in [2.75, 3.05) is 45.9 Å². The number of hydrogen-bond donors (Lipinski definition) is 2. The van der Waals surface area contributed by atoms with E-state index in [0.717, 1.165) is 38.4 Å². The third-order valence-corrected chi connectivity index (χ3v) is 4.06. The molecule has 2 rings (SSSR count). The molecule has 0 radical (unpaired) electrons. The highest BCUT2D eigenvalue weighted by Crippen LogP contribution is 2.05. The summed E-state index contributed by atoms with van der Waals surface area (Å²) in [6.45, 7) is 6.81. The molecule has 1 fully saturated rings. The van der Waals surface area contributed by atoms with Crippen LogP contribution in [0.2, 0.25) is 0 Å². The van der Waals surface area contributed by atoms with E-state index in [1.807, 2.05) is 31.2 Å². The molecular weight excluding hydrogens is 306 g/mol. The maximum atomic E-state index is 11.8. The van der Waals surface area contributed by atoms with Crippen molar-refractivity contribution in [3.8, 4) is 0 Å². The predicted octanol–water partition coefficient (Wildman–Crippen LogP) is 0.492. The summed E-state index contributed by atoms with van der Waals surface area (Å²) in [5.41, 5.74) is 2.34. The SMILES string of the molecule is Cc1ccc(CCC(=O)NCC(=O)NCCN2CCOCC2)cc1. The summed E-state index contributed by atoms with van der Waals surface area (Å²) in [7, 11) is 0. The summed E-state index contributed by atoms with van der Waals surface area (Å²) < 4.78 is 5.28. The Hall–Kier alpha value is -1.92. The van der Waals surface area contributed by atoms with Crippen LogP contribution in [0.25, 0.3) is 0 Å². The summed E-state index contributed by atoms with van der Waals surface area (Å²) >= 11 is 0. The number of morpholine rings is 1. The van der Waals surface area contributed by atoms with Crippen LogP contribution in [0.3, 0.4) is 0 Å². The minimum atomic E-state index is -0.146. The Labute approximate surface area is 143 Å². The minimum absolute atomic E-state index is 0.0375. The Morgan fingerprint density at radius 2 is 1.79 bits per heavy atom. The molecule has 0 unspecified atom stereocenters. The zero-order chi connectivity index (χ0) is 17.2. The highest BCUT2D eigenvalue weighted by atomic mass is 16.5. The van der Waals surface area contributed by atoms with E-state index in [0.29, 0.717) is 19.4 Å². The van der Waals surface area contributed by atoms with E-state index < -0.39 is 0 Å². The standard InChI is InChI=1S/C18H27N3O3/c1-15-2-4-16(5-3-15)6-7-17(22)20-14-18(23)19-8-9-21-10-12-24-13-11-21/h2-5H,6-14H2,1H3,(H,19,23)(H,20,22). The third-order valence-electron chi connectivity index (χ3n) is 4.06. The quantitative estimate of drug-likeness (QED) is 0.726. The lowest BCUT2D eigenvalue weighted by Crippen LogP contribution is -2.43. The number of nitrogens with zero attached hydrogens (tertiary/aromatic N) is 1. The second kappa shape index (κ2) is 10.1. The number of ether oxygens (including phenoxy) is 1. The third kappa shape index (κ3) is 7.10. The molecule has 0 saturated carbocycles. The number of hydrogen-bond acceptors (Lipinski definition) is 4. The molecule has 1 heterocycles. The summed E-state index contributed by atoms with van der Waals surface area (Å²) in [5, 5.41) is 5.50. The Kier molecular flexibility index (Phi) is 7.71. The van der Waals surface area contributed by atoms with E-state index in [-0.39, 0.29) is 18.4 Å². The Morgan fingerprint density at radius 3 is 2.50 bits per heavy atom. The van der Waals surface area contributed by atoms with Crippen molar-refractivity contribution in [3.05, 3.63) is 35.4 Å². The van der Waals surface area contributed by atoms with E-state index in [9.17, 15) is 9.59 Å². The fourth-order valence-electron chi connectivity index (χ4n) is 2.52. The van der Waals surface area contributed by atoms with Crippen LogP contribution < -0.4 is 10.6 Å². The Morgan fingerprint density at radius 1 is 1.08 bits per heavy atom. The van der Waals surface area contributed by atoms with Gasteiger partial charge in [0.2, 0.25) is 11.8 Å². The number of benzene rings is 1. The fourth-order valence-corrected chi connectivity index (χ4v) is 2.52. The largest absolute Gasteiger partial charge is 0.379 e. The monoisotopic (exact) mass is 333 g/mol. The van der Waals surface area contributed by atoms with Crippen LogP contribution in [-0.4, -0.2) is 62.7 Å². The van der Waals surface area contributed by atoms with Crippen LogP contribution in [0.5, 0.6) is 0 Å². The lowest BCUT2D eigenvalue weighted by molar-refractivity contribution is -0.126. The molecule has 1 aromatic carbocycles. The molecule has 6 heteroatoms. The zero-order valence-corrected chi connectivity index (χ0v) is 14.3. The van der Waals surface area contributed by atoms with Gasteiger partial charge in [0.25, 0.3) is 0 Å². The first-order valence-corrected chi connectivity index (χ1v) is 8.52. The molecule has 2 N–H and O–H groups in total. The van der Waals surface area contributed by atoms with Crippen molar-refractivity contribution in [1.82, 2.24) is 15.5 Å².